The summed E-state index contributed by atoms with van der Waals surface area (Å²) >= 11 is 0. The summed E-state index contributed by atoms with van der Waals surface area (Å²) in [6, 6.07) is 7.41. The fourth-order valence-electron chi connectivity index (χ4n) is 1.73. The number of rotatable bonds is 5. The number of nitrogens with zero attached hydrogens (tertiary/aromatic N) is 2. The molecule has 0 atom stereocenters. The Balaban J connectivity index is 2.75. The number of hydrogen-bond acceptors (Lipinski definition) is 2. The van der Waals surface area contributed by atoms with Crippen molar-refractivity contribution in [3.8, 4) is 0 Å². The van der Waals surface area contributed by atoms with Gasteiger partial charge in [0.05, 0.1) is 0 Å². The average Bonchev–Trinajstić information content (AvgIpc) is 2.43. The highest BCUT2D eigenvalue weighted by Gasteiger charge is 2.12. The Hall–Kier alpha value is -2.30. The number of carbonyl (C=O) groups excluding carboxylic acids is 1. The second-order valence-corrected chi connectivity index (χ2v) is 4.57. The quantitative estimate of drug-likeness (QED) is 0.839. The van der Waals surface area contributed by atoms with Crippen molar-refractivity contribution in [2.24, 2.45) is 0 Å². The van der Waals surface area contributed by atoms with Gasteiger partial charge < -0.3 is 14.9 Å². The van der Waals surface area contributed by atoms with Crippen LogP contribution in [0, 0.1) is 0 Å². The van der Waals surface area contributed by atoms with Gasteiger partial charge in [0.15, 0.2) is 0 Å². The van der Waals surface area contributed by atoms with Crippen LogP contribution in [0.3, 0.4) is 0 Å². The third-order valence-electron chi connectivity index (χ3n) is 2.92. The van der Waals surface area contributed by atoms with Crippen LogP contribution in [-0.4, -0.2) is 47.5 Å². The lowest BCUT2D eigenvalue weighted by Crippen LogP contribution is -2.38. The van der Waals surface area contributed by atoms with Crippen LogP contribution in [0.4, 0.5) is 4.79 Å². The summed E-state index contributed by atoms with van der Waals surface area (Å²) < 4.78 is 0. The van der Waals surface area contributed by atoms with Gasteiger partial charge >= 0.3 is 12.0 Å². The molecule has 1 rings (SSSR count). The number of carbonyl (C=O) groups is 2. The summed E-state index contributed by atoms with van der Waals surface area (Å²) in [5, 5.41) is 8.61. The molecule has 5 heteroatoms. The molecular weight excluding hydrogens is 256 g/mol. The predicted octanol–water partition coefficient (Wildman–Crippen LogP) is 2.29. The van der Waals surface area contributed by atoms with Gasteiger partial charge in [0.25, 0.3) is 0 Å². The van der Waals surface area contributed by atoms with E-state index in [0.717, 1.165) is 17.2 Å². The minimum atomic E-state index is -0.979. The summed E-state index contributed by atoms with van der Waals surface area (Å²) in [6.07, 6.45) is 2.63. The lowest BCUT2D eigenvalue weighted by molar-refractivity contribution is -0.131. The molecule has 0 aliphatic rings. The summed E-state index contributed by atoms with van der Waals surface area (Å²) in [5.41, 5.74) is 1.76. The van der Waals surface area contributed by atoms with E-state index in [1.54, 1.807) is 23.9 Å². The van der Waals surface area contributed by atoms with E-state index in [9.17, 15) is 9.59 Å². The molecule has 20 heavy (non-hydrogen) atoms. The molecule has 0 fully saturated rings. The molecule has 0 aromatic heterocycles. The SMILES string of the molecule is CCN(C)C(=O)N(C)Cc1cccc(C=CC(=O)O)c1. The Bertz CT molecular complexity index is 512. The van der Waals surface area contributed by atoms with Gasteiger partial charge in [0.2, 0.25) is 0 Å². The smallest absolute Gasteiger partial charge is 0.328 e. The zero-order valence-electron chi connectivity index (χ0n) is 12.0. The van der Waals surface area contributed by atoms with Crippen molar-refractivity contribution in [3.05, 3.63) is 41.5 Å². The highest BCUT2D eigenvalue weighted by atomic mass is 16.4. The van der Waals surface area contributed by atoms with E-state index in [2.05, 4.69) is 0 Å². The molecule has 0 bridgehead atoms. The van der Waals surface area contributed by atoms with Crippen molar-refractivity contribution in [1.82, 2.24) is 9.80 Å². The third kappa shape index (κ3) is 4.76. The van der Waals surface area contributed by atoms with Crippen molar-refractivity contribution >= 4 is 18.1 Å². The normalized spacial score (nSPS) is 10.6. The van der Waals surface area contributed by atoms with E-state index in [4.69, 9.17) is 5.11 Å². The molecule has 0 aliphatic heterocycles. The minimum absolute atomic E-state index is 0.0426. The topological polar surface area (TPSA) is 60.9 Å². The molecule has 0 saturated carbocycles. The van der Waals surface area contributed by atoms with Crippen LogP contribution in [0.2, 0.25) is 0 Å². The first-order valence-corrected chi connectivity index (χ1v) is 6.40. The van der Waals surface area contributed by atoms with Crippen LogP contribution in [0.5, 0.6) is 0 Å². The van der Waals surface area contributed by atoms with E-state index in [0.29, 0.717) is 13.1 Å². The van der Waals surface area contributed by atoms with E-state index in [1.807, 2.05) is 31.2 Å². The molecule has 0 unspecified atom stereocenters. The Labute approximate surface area is 119 Å². The number of carboxylic acids is 1. The monoisotopic (exact) mass is 276 g/mol. The average molecular weight is 276 g/mol. The molecule has 1 N–H and O–H groups in total. The number of benzene rings is 1. The van der Waals surface area contributed by atoms with Gasteiger partial charge in [-0.2, -0.15) is 0 Å². The van der Waals surface area contributed by atoms with Crippen LogP contribution < -0.4 is 0 Å². The molecule has 0 spiro atoms. The van der Waals surface area contributed by atoms with Gasteiger partial charge in [-0.05, 0) is 30.2 Å². The standard InChI is InChI=1S/C15H20N2O3/c1-4-16(2)15(20)17(3)11-13-7-5-6-12(10-13)8-9-14(18)19/h5-10H,4,11H2,1-3H3,(H,18,19). The van der Waals surface area contributed by atoms with Crippen LogP contribution in [0.1, 0.15) is 18.1 Å². The lowest BCUT2D eigenvalue weighted by atomic mass is 10.1. The fraction of sp³-hybridized carbons (Fsp3) is 0.333. The maximum absolute atomic E-state index is 11.9. The van der Waals surface area contributed by atoms with Crippen molar-refractivity contribution in [1.29, 1.82) is 0 Å². The molecule has 0 heterocycles. The highest BCUT2D eigenvalue weighted by Crippen LogP contribution is 2.10. The van der Waals surface area contributed by atoms with Gasteiger partial charge in [0, 0.05) is 33.3 Å². The Morgan fingerprint density at radius 3 is 2.55 bits per heavy atom. The first kappa shape index (κ1) is 15.8. The largest absolute Gasteiger partial charge is 0.478 e. The van der Waals surface area contributed by atoms with Crippen LogP contribution >= 0.6 is 0 Å². The van der Waals surface area contributed by atoms with E-state index < -0.39 is 5.97 Å². The zero-order valence-corrected chi connectivity index (χ0v) is 12.0. The Morgan fingerprint density at radius 1 is 1.25 bits per heavy atom. The molecule has 1 aromatic carbocycles. The first-order valence-electron chi connectivity index (χ1n) is 6.40. The van der Waals surface area contributed by atoms with E-state index in [1.165, 1.54) is 6.08 Å². The van der Waals surface area contributed by atoms with Crippen LogP contribution in [0.15, 0.2) is 30.3 Å². The second kappa shape index (κ2) is 7.33. The molecule has 0 aliphatic carbocycles. The number of urea groups is 1. The Kier molecular flexibility index (Phi) is 5.77. The number of hydrogen-bond donors (Lipinski definition) is 1. The van der Waals surface area contributed by atoms with Gasteiger partial charge in [-0.3, -0.25) is 0 Å². The molecule has 0 radical (unpaired) electrons. The molecule has 108 valence electrons. The van der Waals surface area contributed by atoms with Crippen LogP contribution in [0.25, 0.3) is 6.08 Å². The molecule has 0 saturated heterocycles. The number of aliphatic carboxylic acids is 1. The third-order valence-corrected chi connectivity index (χ3v) is 2.92. The molecule has 2 amide bonds. The van der Waals surface area contributed by atoms with Crippen molar-refractivity contribution < 1.29 is 14.7 Å². The van der Waals surface area contributed by atoms with Crippen molar-refractivity contribution in [2.45, 2.75) is 13.5 Å². The number of amides is 2. The van der Waals surface area contributed by atoms with E-state index >= 15 is 0 Å². The maximum Gasteiger partial charge on any atom is 0.328 e. The molecular formula is C15H20N2O3. The van der Waals surface area contributed by atoms with Crippen LogP contribution in [-0.2, 0) is 11.3 Å². The van der Waals surface area contributed by atoms with Gasteiger partial charge in [-0.15, -0.1) is 0 Å². The van der Waals surface area contributed by atoms with Crippen molar-refractivity contribution in [2.75, 3.05) is 20.6 Å². The predicted molar refractivity (Wildman–Crippen MR) is 78.3 cm³/mol. The summed E-state index contributed by atoms with van der Waals surface area (Å²) in [7, 11) is 3.50. The minimum Gasteiger partial charge on any atom is -0.478 e. The van der Waals surface area contributed by atoms with Gasteiger partial charge in [0.1, 0.15) is 0 Å². The Morgan fingerprint density at radius 2 is 1.95 bits per heavy atom. The highest BCUT2D eigenvalue weighted by molar-refractivity contribution is 5.85. The molecule has 1 aromatic rings. The van der Waals surface area contributed by atoms with E-state index in [-0.39, 0.29) is 6.03 Å². The molecule has 5 nitrogen and oxygen atoms in total. The van der Waals surface area contributed by atoms with Gasteiger partial charge in [-0.25, -0.2) is 9.59 Å². The second-order valence-electron chi connectivity index (χ2n) is 4.57. The first-order chi connectivity index (χ1) is 9.43. The number of carboxylic acid groups (broad SMARTS) is 1. The van der Waals surface area contributed by atoms with Crippen molar-refractivity contribution in [3.63, 3.8) is 0 Å². The lowest BCUT2D eigenvalue weighted by Gasteiger charge is -2.24. The summed E-state index contributed by atoms with van der Waals surface area (Å²) in [4.78, 5) is 25.7. The zero-order chi connectivity index (χ0) is 15.1. The summed E-state index contributed by atoms with van der Waals surface area (Å²) in [6.45, 7) is 3.06. The summed E-state index contributed by atoms with van der Waals surface area (Å²) in [5.74, 6) is -0.979. The fourth-order valence-corrected chi connectivity index (χ4v) is 1.73. The maximum atomic E-state index is 11.9. The van der Waals surface area contributed by atoms with Gasteiger partial charge in [-0.1, -0.05) is 18.2 Å².